The topological polar surface area (TPSA) is 57.5 Å². The lowest BCUT2D eigenvalue weighted by molar-refractivity contribution is -0.137. The molecule has 3 heteroatoms. The maximum absolute atomic E-state index is 9.64. The van der Waals surface area contributed by atoms with Gasteiger partial charge in [-0.15, -0.1) is 0 Å². The lowest BCUT2D eigenvalue weighted by atomic mass is 9.80. The number of rotatable bonds is 2. The van der Waals surface area contributed by atoms with Gasteiger partial charge in [-0.1, -0.05) is 19.1 Å². The molecule has 2 fully saturated rings. The van der Waals surface area contributed by atoms with Crippen LogP contribution in [0.15, 0.2) is 12.2 Å². The number of allylic oxidation sites excluding steroid dienone is 2. The molecule has 0 aromatic rings. The summed E-state index contributed by atoms with van der Waals surface area (Å²) < 4.78 is 0. The standard InChI is InChI=1S/C10H14O.C4H8O2/c11-10-5-6-4-9(10)8-3-1-2-7(6)8;1-2-3-4(5)6/h1-2,6-11H,3-5H2;2-3H2,1H3,(H,5,6). The van der Waals surface area contributed by atoms with Gasteiger partial charge in [-0.25, -0.2) is 0 Å². The normalized spacial score (nSPS) is 40.9. The van der Waals surface area contributed by atoms with Crippen molar-refractivity contribution in [3.05, 3.63) is 12.2 Å². The van der Waals surface area contributed by atoms with Gasteiger partial charge in [0.15, 0.2) is 0 Å². The first-order chi connectivity index (χ1) is 8.13. The van der Waals surface area contributed by atoms with Gasteiger partial charge < -0.3 is 10.2 Å². The summed E-state index contributed by atoms with van der Waals surface area (Å²) in [6.07, 6.45) is 9.39. The van der Waals surface area contributed by atoms with Gasteiger partial charge in [0.2, 0.25) is 0 Å². The summed E-state index contributed by atoms with van der Waals surface area (Å²) in [5.74, 6) is 2.45. The molecule has 3 aliphatic rings. The third-order valence-corrected chi connectivity index (χ3v) is 4.43. The van der Waals surface area contributed by atoms with Gasteiger partial charge in [0, 0.05) is 6.42 Å². The monoisotopic (exact) mass is 238 g/mol. The number of carbonyl (C=O) groups is 1. The SMILES string of the molecule is CCCC(=O)O.OC1CC2CC1C1CC=CC21. The van der Waals surface area contributed by atoms with Gasteiger partial charge in [0.25, 0.3) is 0 Å². The van der Waals surface area contributed by atoms with E-state index in [2.05, 4.69) is 12.2 Å². The van der Waals surface area contributed by atoms with Gasteiger partial charge >= 0.3 is 5.97 Å². The number of aliphatic carboxylic acids is 1. The van der Waals surface area contributed by atoms with Gasteiger partial charge in [0.05, 0.1) is 6.10 Å². The van der Waals surface area contributed by atoms with Crippen molar-refractivity contribution < 1.29 is 15.0 Å². The molecule has 0 radical (unpaired) electrons. The van der Waals surface area contributed by atoms with Crippen LogP contribution in [-0.4, -0.2) is 22.3 Å². The molecular weight excluding hydrogens is 216 g/mol. The highest BCUT2D eigenvalue weighted by molar-refractivity contribution is 5.66. The summed E-state index contributed by atoms with van der Waals surface area (Å²) >= 11 is 0. The predicted molar refractivity (Wildman–Crippen MR) is 65.5 cm³/mol. The van der Waals surface area contributed by atoms with Crippen molar-refractivity contribution >= 4 is 5.97 Å². The molecule has 3 aliphatic carbocycles. The van der Waals surface area contributed by atoms with E-state index in [4.69, 9.17) is 5.11 Å². The van der Waals surface area contributed by atoms with Crippen LogP contribution < -0.4 is 0 Å². The number of hydrogen-bond donors (Lipinski definition) is 2. The molecule has 0 aromatic carbocycles. The molecule has 0 aromatic heterocycles. The summed E-state index contributed by atoms with van der Waals surface area (Å²) in [7, 11) is 0. The fourth-order valence-electron chi connectivity index (χ4n) is 3.74. The van der Waals surface area contributed by atoms with E-state index in [0.717, 1.165) is 30.6 Å². The Morgan fingerprint density at radius 2 is 2.12 bits per heavy atom. The Balaban J connectivity index is 0.000000157. The van der Waals surface area contributed by atoms with E-state index in [1.54, 1.807) is 0 Å². The molecule has 2 bridgehead atoms. The zero-order valence-electron chi connectivity index (χ0n) is 10.4. The van der Waals surface area contributed by atoms with Crippen molar-refractivity contribution in [1.29, 1.82) is 0 Å². The van der Waals surface area contributed by atoms with Crippen LogP contribution in [-0.2, 0) is 4.79 Å². The Morgan fingerprint density at radius 1 is 1.35 bits per heavy atom. The van der Waals surface area contributed by atoms with Gasteiger partial charge in [-0.3, -0.25) is 4.79 Å². The minimum Gasteiger partial charge on any atom is -0.481 e. The van der Waals surface area contributed by atoms with Crippen LogP contribution in [0.5, 0.6) is 0 Å². The molecule has 96 valence electrons. The minimum atomic E-state index is -0.711. The fourth-order valence-corrected chi connectivity index (χ4v) is 3.74. The van der Waals surface area contributed by atoms with E-state index >= 15 is 0 Å². The van der Waals surface area contributed by atoms with E-state index in [1.165, 1.54) is 12.8 Å². The molecule has 0 spiro atoms. The highest BCUT2D eigenvalue weighted by atomic mass is 16.4. The first-order valence-electron chi connectivity index (χ1n) is 6.70. The highest BCUT2D eigenvalue weighted by Gasteiger charge is 2.51. The van der Waals surface area contributed by atoms with Crippen molar-refractivity contribution in [2.24, 2.45) is 23.7 Å². The molecule has 0 heterocycles. The molecular formula is C14H22O3. The number of aliphatic hydroxyl groups excluding tert-OH is 1. The average Bonchev–Trinajstić information content (AvgIpc) is 2.87. The zero-order valence-corrected chi connectivity index (χ0v) is 10.4. The van der Waals surface area contributed by atoms with E-state index in [0.29, 0.717) is 12.3 Å². The molecule has 0 saturated heterocycles. The molecule has 17 heavy (non-hydrogen) atoms. The second-order valence-corrected chi connectivity index (χ2v) is 5.51. The number of fused-ring (bicyclic) bond motifs is 5. The molecule has 5 atom stereocenters. The first kappa shape index (κ1) is 12.6. The molecule has 3 nitrogen and oxygen atoms in total. The number of carboxylic acid groups (broad SMARTS) is 1. The summed E-state index contributed by atoms with van der Waals surface area (Å²) in [5.41, 5.74) is 0. The smallest absolute Gasteiger partial charge is 0.303 e. The van der Waals surface area contributed by atoms with Crippen molar-refractivity contribution in [2.45, 2.75) is 45.1 Å². The van der Waals surface area contributed by atoms with Gasteiger partial charge in [0.1, 0.15) is 0 Å². The van der Waals surface area contributed by atoms with Crippen LogP contribution in [0, 0.1) is 23.7 Å². The second kappa shape index (κ2) is 5.21. The minimum absolute atomic E-state index is 0.0427. The Morgan fingerprint density at radius 3 is 2.71 bits per heavy atom. The third-order valence-electron chi connectivity index (χ3n) is 4.43. The van der Waals surface area contributed by atoms with Crippen LogP contribution in [0.2, 0.25) is 0 Å². The summed E-state index contributed by atoms with van der Waals surface area (Å²) in [6, 6.07) is 0. The van der Waals surface area contributed by atoms with Gasteiger partial charge in [-0.05, 0) is 49.4 Å². The van der Waals surface area contributed by atoms with Crippen LogP contribution in [0.25, 0.3) is 0 Å². The van der Waals surface area contributed by atoms with E-state index in [1.807, 2.05) is 6.92 Å². The second-order valence-electron chi connectivity index (χ2n) is 5.51. The quantitative estimate of drug-likeness (QED) is 0.726. The molecule has 2 N–H and O–H groups in total. The maximum Gasteiger partial charge on any atom is 0.303 e. The van der Waals surface area contributed by atoms with Crippen LogP contribution in [0.1, 0.15) is 39.0 Å². The summed E-state index contributed by atoms with van der Waals surface area (Å²) in [5, 5.41) is 17.6. The van der Waals surface area contributed by atoms with Crippen molar-refractivity contribution in [2.75, 3.05) is 0 Å². The number of hydrogen-bond acceptors (Lipinski definition) is 2. The van der Waals surface area contributed by atoms with E-state index in [9.17, 15) is 9.90 Å². The highest BCUT2D eigenvalue weighted by Crippen LogP contribution is 2.56. The van der Waals surface area contributed by atoms with Crippen LogP contribution in [0.4, 0.5) is 0 Å². The molecule has 2 saturated carbocycles. The first-order valence-corrected chi connectivity index (χ1v) is 6.70. The Kier molecular flexibility index (Phi) is 3.87. The van der Waals surface area contributed by atoms with Crippen molar-refractivity contribution in [3.63, 3.8) is 0 Å². The lowest BCUT2D eigenvalue weighted by Gasteiger charge is -2.27. The number of carboxylic acids is 1. The predicted octanol–water partition coefficient (Wildman–Crippen LogP) is 2.45. The fraction of sp³-hybridized carbons (Fsp3) is 0.786. The van der Waals surface area contributed by atoms with E-state index in [-0.39, 0.29) is 6.10 Å². The Labute approximate surface area is 103 Å². The molecule has 0 amide bonds. The molecule has 5 unspecified atom stereocenters. The largest absolute Gasteiger partial charge is 0.481 e. The zero-order chi connectivity index (χ0) is 12.4. The lowest BCUT2D eigenvalue weighted by Crippen LogP contribution is -2.27. The third kappa shape index (κ3) is 2.54. The Hall–Kier alpha value is -0.830. The van der Waals surface area contributed by atoms with Gasteiger partial charge in [-0.2, -0.15) is 0 Å². The van der Waals surface area contributed by atoms with Crippen LogP contribution in [0.3, 0.4) is 0 Å². The summed E-state index contributed by atoms with van der Waals surface area (Å²) in [6.45, 7) is 1.84. The van der Waals surface area contributed by atoms with Crippen molar-refractivity contribution in [1.82, 2.24) is 0 Å². The van der Waals surface area contributed by atoms with Crippen LogP contribution >= 0.6 is 0 Å². The molecule has 0 aliphatic heterocycles. The van der Waals surface area contributed by atoms with E-state index < -0.39 is 5.97 Å². The number of aliphatic hydroxyl groups is 1. The van der Waals surface area contributed by atoms with Crippen molar-refractivity contribution in [3.8, 4) is 0 Å². The summed E-state index contributed by atoms with van der Waals surface area (Å²) in [4.78, 5) is 9.60. The molecule has 3 rings (SSSR count). The maximum atomic E-state index is 9.64. The average molecular weight is 238 g/mol. The Bertz CT molecular complexity index is 311.